The summed E-state index contributed by atoms with van der Waals surface area (Å²) in [5, 5.41) is 21.6. The Labute approximate surface area is 157 Å². The van der Waals surface area contributed by atoms with E-state index in [1.807, 2.05) is 0 Å². The summed E-state index contributed by atoms with van der Waals surface area (Å²) >= 11 is 0. The summed E-state index contributed by atoms with van der Waals surface area (Å²) in [6, 6.07) is 0. The van der Waals surface area contributed by atoms with Crippen LogP contribution >= 0.6 is 0 Å². The second-order valence-corrected chi connectivity index (χ2v) is 10.4. The molecule has 0 aromatic heterocycles. The first-order valence-electron chi connectivity index (χ1n) is 10.3. The fourth-order valence-corrected chi connectivity index (χ4v) is 7.68. The van der Waals surface area contributed by atoms with Gasteiger partial charge in [0.05, 0.1) is 11.5 Å². The van der Waals surface area contributed by atoms with E-state index in [9.17, 15) is 15.0 Å². The smallest absolute Gasteiger partial charge is 0.302 e. The van der Waals surface area contributed by atoms with Crippen LogP contribution in [-0.2, 0) is 9.53 Å². The van der Waals surface area contributed by atoms with Crippen LogP contribution in [0.1, 0.15) is 66.2 Å². The van der Waals surface area contributed by atoms with Crippen LogP contribution in [0.25, 0.3) is 0 Å². The molecule has 4 aliphatic carbocycles. The molecule has 2 bridgehead atoms. The minimum absolute atomic E-state index is 0.0589. The SMILES string of the molecule is CC(=O)OC1CC2C(C)(CO)CCCC2(C)C2CCC3(C)C=CC12C3O. The number of fused-ring (bicyclic) bond motifs is 3. The summed E-state index contributed by atoms with van der Waals surface area (Å²) in [5.74, 6) is 0.318. The highest BCUT2D eigenvalue weighted by Crippen LogP contribution is 2.72. The third-order valence-corrected chi connectivity index (χ3v) is 9.00. The van der Waals surface area contributed by atoms with Crippen molar-refractivity contribution in [2.45, 2.75) is 78.4 Å². The Morgan fingerprint density at radius 2 is 1.88 bits per heavy atom. The molecular weight excluding hydrogens is 328 g/mol. The molecule has 0 aromatic carbocycles. The molecule has 0 heterocycles. The lowest BCUT2D eigenvalue weighted by atomic mass is 9.39. The van der Waals surface area contributed by atoms with Gasteiger partial charge in [0, 0.05) is 18.9 Å². The summed E-state index contributed by atoms with van der Waals surface area (Å²) in [7, 11) is 0. The number of carbonyl (C=O) groups is 1. The van der Waals surface area contributed by atoms with Gasteiger partial charge in [0.25, 0.3) is 0 Å². The molecule has 4 nitrogen and oxygen atoms in total. The van der Waals surface area contributed by atoms with Crippen molar-refractivity contribution in [1.82, 2.24) is 0 Å². The maximum absolute atomic E-state index is 11.9. The average Bonchev–Trinajstić information content (AvgIpc) is 2.73. The van der Waals surface area contributed by atoms with Crippen molar-refractivity contribution in [2.75, 3.05) is 6.61 Å². The van der Waals surface area contributed by atoms with E-state index in [1.54, 1.807) is 0 Å². The Morgan fingerprint density at radius 1 is 1.15 bits per heavy atom. The van der Waals surface area contributed by atoms with Crippen molar-refractivity contribution in [3.8, 4) is 0 Å². The number of aliphatic hydroxyl groups is 2. The predicted octanol–water partition coefficient (Wildman–Crippen LogP) is 3.46. The van der Waals surface area contributed by atoms with E-state index in [-0.39, 0.29) is 40.8 Å². The van der Waals surface area contributed by atoms with Gasteiger partial charge in [-0.25, -0.2) is 0 Å². The number of carbonyl (C=O) groups excluding carboxylic acids is 1. The van der Waals surface area contributed by atoms with Crippen LogP contribution in [0.5, 0.6) is 0 Å². The van der Waals surface area contributed by atoms with Crippen LogP contribution in [0.15, 0.2) is 12.2 Å². The lowest BCUT2D eigenvalue weighted by molar-refractivity contribution is -0.241. The molecule has 4 rings (SSSR count). The zero-order chi connectivity index (χ0) is 19.0. The third-order valence-electron chi connectivity index (χ3n) is 9.00. The molecule has 26 heavy (non-hydrogen) atoms. The molecule has 8 atom stereocenters. The highest BCUT2D eigenvalue weighted by atomic mass is 16.5. The van der Waals surface area contributed by atoms with Crippen molar-refractivity contribution in [1.29, 1.82) is 0 Å². The van der Waals surface area contributed by atoms with Gasteiger partial charge in [-0.05, 0) is 54.8 Å². The number of ether oxygens (including phenoxy) is 1. The minimum atomic E-state index is -0.502. The van der Waals surface area contributed by atoms with Gasteiger partial charge in [0.2, 0.25) is 0 Å². The molecule has 146 valence electrons. The zero-order valence-corrected chi connectivity index (χ0v) is 16.6. The fourth-order valence-electron chi connectivity index (χ4n) is 7.68. The Bertz CT molecular complexity index is 644. The van der Waals surface area contributed by atoms with Gasteiger partial charge in [-0.2, -0.15) is 0 Å². The lowest BCUT2D eigenvalue weighted by Gasteiger charge is -2.67. The maximum Gasteiger partial charge on any atom is 0.302 e. The number of esters is 1. The van der Waals surface area contributed by atoms with E-state index >= 15 is 0 Å². The maximum atomic E-state index is 11.9. The molecule has 4 aliphatic rings. The minimum Gasteiger partial charge on any atom is -0.462 e. The van der Waals surface area contributed by atoms with Gasteiger partial charge in [0.15, 0.2) is 0 Å². The van der Waals surface area contributed by atoms with Crippen LogP contribution < -0.4 is 0 Å². The summed E-state index contributed by atoms with van der Waals surface area (Å²) in [5.41, 5.74) is -0.769. The molecule has 8 unspecified atom stereocenters. The zero-order valence-electron chi connectivity index (χ0n) is 16.6. The summed E-state index contributed by atoms with van der Waals surface area (Å²) in [4.78, 5) is 11.9. The third kappa shape index (κ3) is 2.12. The highest BCUT2D eigenvalue weighted by molar-refractivity contribution is 5.66. The molecule has 0 saturated heterocycles. The molecule has 0 amide bonds. The van der Waals surface area contributed by atoms with Crippen molar-refractivity contribution >= 4 is 5.97 Å². The first-order chi connectivity index (χ1) is 12.1. The lowest BCUT2D eigenvalue weighted by Crippen LogP contribution is -2.67. The van der Waals surface area contributed by atoms with Crippen LogP contribution in [0, 0.1) is 33.5 Å². The quantitative estimate of drug-likeness (QED) is 0.583. The number of hydrogen-bond donors (Lipinski definition) is 2. The molecular formula is C22H34O4. The summed E-state index contributed by atoms with van der Waals surface area (Å²) in [6.45, 7) is 8.36. The predicted molar refractivity (Wildman–Crippen MR) is 99.2 cm³/mol. The van der Waals surface area contributed by atoms with Gasteiger partial charge in [-0.3, -0.25) is 4.79 Å². The van der Waals surface area contributed by atoms with E-state index in [0.717, 1.165) is 38.5 Å². The monoisotopic (exact) mass is 362 g/mol. The van der Waals surface area contributed by atoms with Crippen LogP contribution in [0.4, 0.5) is 0 Å². The topological polar surface area (TPSA) is 66.8 Å². The number of rotatable bonds is 2. The average molecular weight is 363 g/mol. The largest absolute Gasteiger partial charge is 0.462 e. The van der Waals surface area contributed by atoms with Crippen molar-refractivity contribution in [3.63, 3.8) is 0 Å². The molecule has 0 radical (unpaired) electrons. The first-order valence-corrected chi connectivity index (χ1v) is 10.3. The normalized spacial score (nSPS) is 55.2. The van der Waals surface area contributed by atoms with E-state index < -0.39 is 11.5 Å². The molecule has 2 N–H and O–H groups in total. The van der Waals surface area contributed by atoms with E-state index in [2.05, 4.69) is 32.9 Å². The molecule has 4 heteroatoms. The van der Waals surface area contributed by atoms with Gasteiger partial charge >= 0.3 is 5.97 Å². The molecule has 0 aliphatic heterocycles. The van der Waals surface area contributed by atoms with Gasteiger partial charge in [-0.15, -0.1) is 0 Å². The van der Waals surface area contributed by atoms with Crippen molar-refractivity contribution in [2.24, 2.45) is 33.5 Å². The van der Waals surface area contributed by atoms with E-state index in [1.165, 1.54) is 6.92 Å². The van der Waals surface area contributed by atoms with Gasteiger partial charge < -0.3 is 14.9 Å². The second-order valence-electron chi connectivity index (χ2n) is 10.4. The number of hydrogen-bond acceptors (Lipinski definition) is 4. The van der Waals surface area contributed by atoms with E-state index in [0.29, 0.717) is 5.92 Å². The highest BCUT2D eigenvalue weighted by Gasteiger charge is 2.71. The van der Waals surface area contributed by atoms with E-state index in [4.69, 9.17) is 4.74 Å². The summed E-state index contributed by atoms with van der Waals surface area (Å²) < 4.78 is 5.90. The van der Waals surface area contributed by atoms with Crippen LogP contribution in [0.3, 0.4) is 0 Å². The van der Waals surface area contributed by atoms with Crippen LogP contribution in [0.2, 0.25) is 0 Å². The Hall–Kier alpha value is -0.870. The van der Waals surface area contributed by atoms with Gasteiger partial charge in [0.1, 0.15) is 6.10 Å². The van der Waals surface area contributed by atoms with Gasteiger partial charge in [-0.1, -0.05) is 39.3 Å². The summed E-state index contributed by atoms with van der Waals surface area (Å²) in [6.07, 6.45) is 9.61. The standard InChI is InChI=1S/C22H34O4/c1-14(24)26-17-12-16-20(3,13-23)7-5-8-21(16,4)15-6-9-19(2)10-11-22(15,17)18(19)25/h10-11,15-18,23,25H,5-9,12-13H2,1-4H3. The molecule has 1 spiro atoms. The fraction of sp³-hybridized carbons (Fsp3) is 0.864. The Kier molecular flexibility index (Phi) is 3.96. The number of aliphatic hydroxyl groups excluding tert-OH is 2. The van der Waals surface area contributed by atoms with Crippen molar-refractivity contribution < 1.29 is 19.7 Å². The second kappa shape index (κ2) is 5.57. The first kappa shape index (κ1) is 18.5. The molecule has 3 saturated carbocycles. The molecule has 3 fully saturated rings. The Morgan fingerprint density at radius 3 is 2.54 bits per heavy atom. The van der Waals surface area contributed by atoms with Crippen molar-refractivity contribution in [3.05, 3.63) is 12.2 Å². The Balaban J connectivity index is 1.84. The molecule has 0 aromatic rings. The van der Waals surface area contributed by atoms with Crippen LogP contribution in [-0.4, -0.2) is 35.0 Å².